The van der Waals surface area contributed by atoms with Crippen LogP contribution in [0.1, 0.15) is 20.3 Å². The van der Waals surface area contributed by atoms with Gasteiger partial charge in [-0.3, -0.25) is 4.90 Å². The molecule has 1 aromatic rings. The van der Waals surface area contributed by atoms with E-state index in [1.165, 1.54) is 6.26 Å². The van der Waals surface area contributed by atoms with Crippen LogP contribution in [0.25, 0.3) is 0 Å². The number of para-hydroxylation sites is 2. The summed E-state index contributed by atoms with van der Waals surface area (Å²) in [4.78, 5) is 16.4. The van der Waals surface area contributed by atoms with Crippen LogP contribution in [0.3, 0.4) is 0 Å². The Hall–Kier alpha value is -1.80. The monoisotopic (exact) mass is 383 g/mol. The Labute approximate surface area is 156 Å². The summed E-state index contributed by atoms with van der Waals surface area (Å²) in [6.45, 7) is 7.05. The number of benzene rings is 1. The van der Waals surface area contributed by atoms with Gasteiger partial charge in [0.2, 0.25) is 0 Å². The minimum atomic E-state index is -2.96. The molecule has 0 saturated carbocycles. The Bertz CT molecular complexity index is 700. The summed E-state index contributed by atoms with van der Waals surface area (Å²) in [6, 6.07) is 7.27. The summed E-state index contributed by atoms with van der Waals surface area (Å²) < 4.78 is 28.4. The number of nitrogens with zero attached hydrogens (tertiary/aromatic N) is 2. The number of carbonyl (C=O) groups is 1. The van der Waals surface area contributed by atoms with E-state index in [0.717, 1.165) is 6.42 Å². The number of ether oxygens (including phenoxy) is 1. The minimum absolute atomic E-state index is 0.0754. The van der Waals surface area contributed by atoms with Crippen LogP contribution in [-0.4, -0.2) is 75.1 Å². The average Bonchev–Trinajstić information content (AvgIpc) is 2.61. The fraction of sp³-hybridized carbons (Fsp3) is 0.611. The van der Waals surface area contributed by atoms with E-state index in [0.29, 0.717) is 44.2 Å². The fourth-order valence-corrected chi connectivity index (χ4v) is 3.23. The second-order valence-corrected chi connectivity index (χ2v) is 8.98. The van der Waals surface area contributed by atoms with Crippen LogP contribution in [0.4, 0.5) is 10.5 Å². The van der Waals surface area contributed by atoms with E-state index in [9.17, 15) is 13.2 Å². The molecule has 26 heavy (non-hydrogen) atoms. The molecule has 0 aromatic heterocycles. The topological polar surface area (TPSA) is 79.0 Å². The zero-order valence-corrected chi connectivity index (χ0v) is 16.6. The average molecular weight is 384 g/mol. The van der Waals surface area contributed by atoms with Crippen molar-refractivity contribution in [1.29, 1.82) is 0 Å². The fourth-order valence-electron chi connectivity index (χ4n) is 2.64. The van der Waals surface area contributed by atoms with E-state index < -0.39 is 9.84 Å². The summed E-state index contributed by atoms with van der Waals surface area (Å²) in [5.74, 6) is 0.821. The number of hydrogen-bond acceptors (Lipinski definition) is 5. The molecule has 1 heterocycles. The molecule has 1 saturated heterocycles. The third-order valence-electron chi connectivity index (χ3n) is 4.47. The standard InChI is InChI=1S/C18H29N3O4S/c1-4-15(2)25-17-8-6-5-7-16(17)19-18(22)21-11-9-20(10-12-21)13-14-26(3,23)24/h5-8,15H,4,9-14H2,1-3H3,(H,19,22)/t15-/m0/s1. The Morgan fingerprint density at radius 3 is 2.50 bits per heavy atom. The van der Waals surface area contributed by atoms with Crippen molar-refractivity contribution in [3.05, 3.63) is 24.3 Å². The third kappa shape index (κ3) is 6.49. The molecular weight excluding hydrogens is 354 g/mol. The van der Waals surface area contributed by atoms with Gasteiger partial charge in [-0.2, -0.15) is 0 Å². The van der Waals surface area contributed by atoms with Crippen molar-refractivity contribution in [3.8, 4) is 5.75 Å². The first-order chi connectivity index (χ1) is 12.3. The highest BCUT2D eigenvalue weighted by Crippen LogP contribution is 2.25. The molecule has 2 amide bonds. The Morgan fingerprint density at radius 1 is 1.23 bits per heavy atom. The second-order valence-electron chi connectivity index (χ2n) is 6.72. The van der Waals surface area contributed by atoms with Gasteiger partial charge in [-0.1, -0.05) is 19.1 Å². The molecule has 1 aliphatic heterocycles. The molecule has 0 spiro atoms. The van der Waals surface area contributed by atoms with E-state index in [1.54, 1.807) is 4.90 Å². The van der Waals surface area contributed by atoms with Gasteiger partial charge in [0, 0.05) is 39.0 Å². The van der Waals surface area contributed by atoms with Gasteiger partial charge in [-0.05, 0) is 25.5 Å². The number of piperazine rings is 1. The lowest BCUT2D eigenvalue weighted by atomic mass is 10.2. The molecule has 0 unspecified atom stereocenters. The van der Waals surface area contributed by atoms with E-state index in [2.05, 4.69) is 17.1 Å². The van der Waals surface area contributed by atoms with Crippen molar-refractivity contribution < 1.29 is 17.9 Å². The van der Waals surface area contributed by atoms with Crippen LogP contribution in [0.5, 0.6) is 5.75 Å². The predicted octanol–water partition coefficient (Wildman–Crippen LogP) is 2.06. The maximum absolute atomic E-state index is 12.5. The molecule has 8 heteroatoms. The third-order valence-corrected chi connectivity index (χ3v) is 5.39. The SMILES string of the molecule is CC[C@H](C)Oc1ccccc1NC(=O)N1CCN(CCS(C)(=O)=O)CC1. The first kappa shape index (κ1) is 20.5. The normalized spacial score (nSPS) is 17.0. The molecule has 1 aromatic carbocycles. The van der Waals surface area contributed by atoms with Gasteiger partial charge in [-0.25, -0.2) is 13.2 Å². The number of amides is 2. The van der Waals surface area contributed by atoms with Gasteiger partial charge in [0.05, 0.1) is 17.5 Å². The number of rotatable bonds is 7. The quantitative estimate of drug-likeness (QED) is 0.780. The number of anilines is 1. The predicted molar refractivity (Wildman–Crippen MR) is 104 cm³/mol. The summed E-state index contributed by atoms with van der Waals surface area (Å²) in [5.41, 5.74) is 0.664. The zero-order valence-electron chi connectivity index (χ0n) is 15.8. The van der Waals surface area contributed by atoms with Gasteiger partial charge in [-0.15, -0.1) is 0 Å². The molecule has 1 atom stereocenters. The molecule has 2 rings (SSSR count). The van der Waals surface area contributed by atoms with Crippen molar-refractivity contribution in [3.63, 3.8) is 0 Å². The van der Waals surface area contributed by atoms with Gasteiger partial charge in [0.15, 0.2) is 0 Å². The maximum Gasteiger partial charge on any atom is 0.322 e. The van der Waals surface area contributed by atoms with Crippen LogP contribution in [0, 0.1) is 0 Å². The molecule has 146 valence electrons. The van der Waals surface area contributed by atoms with Gasteiger partial charge >= 0.3 is 6.03 Å². The number of hydrogen-bond donors (Lipinski definition) is 1. The van der Waals surface area contributed by atoms with Crippen LogP contribution in [-0.2, 0) is 9.84 Å². The van der Waals surface area contributed by atoms with E-state index in [-0.39, 0.29) is 17.9 Å². The number of urea groups is 1. The molecule has 1 aliphatic rings. The Morgan fingerprint density at radius 2 is 1.88 bits per heavy atom. The summed E-state index contributed by atoms with van der Waals surface area (Å²) in [5, 5.41) is 2.93. The largest absolute Gasteiger partial charge is 0.489 e. The van der Waals surface area contributed by atoms with E-state index >= 15 is 0 Å². The number of sulfone groups is 1. The van der Waals surface area contributed by atoms with E-state index in [4.69, 9.17) is 4.74 Å². The summed E-state index contributed by atoms with van der Waals surface area (Å²) in [7, 11) is -2.96. The van der Waals surface area contributed by atoms with Gasteiger partial charge in [0.1, 0.15) is 15.6 Å². The second kappa shape index (κ2) is 9.23. The zero-order chi connectivity index (χ0) is 19.2. The summed E-state index contributed by atoms with van der Waals surface area (Å²) >= 11 is 0. The molecule has 1 N–H and O–H groups in total. The molecule has 0 aliphatic carbocycles. The smallest absolute Gasteiger partial charge is 0.322 e. The highest BCUT2D eigenvalue weighted by Gasteiger charge is 2.22. The van der Waals surface area contributed by atoms with Crippen molar-refractivity contribution in [2.75, 3.05) is 50.0 Å². The van der Waals surface area contributed by atoms with Gasteiger partial charge < -0.3 is 15.0 Å². The van der Waals surface area contributed by atoms with Gasteiger partial charge in [0.25, 0.3) is 0 Å². The Balaban J connectivity index is 1.88. The molecule has 0 radical (unpaired) electrons. The minimum Gasteiger partial charge on any atom is -0.489 e. The lowest BCUT2D eigenvalue weighted by Gasteiger charge is -2.34. The molecule has 0 bridgehead atoms. The highest BCUT2D eigenvalue weighted by atomic mass is 32.2. The summed E-state index contributed by atoms with van der Waals surface area (Å²) in [6.07, 6.45) is 2.21. The highest BCUT2D eigenvalue weighted by molar-refractivity contribution is 7.90. The molecule has 1 fully saturated rings. The lowest BCUT2D eigenvalue weighted by molar-refractivity contribution is 0.151. The van der Waals surface area contributed by atoms with Crippen LogP contribution in [0.2, 0.25) is 0 Å². The number of carbonyl (C=O) groups excluding carboxylic acids is 1. The molecule has 7 nitrogen and oxygen atoms in total. The lowest BCUT2D eigenvalue weighted by Crippen LogP contribution is -2.50. The van der Waals surface area contributed by atoms with Crippen molar-refractivity contribution in [1.82, 2.24) is 9.80 Å². The maximum atomic E-state index is 12.5. The van der Waals surface area contributed by atoms with Crippen molar-refractivity contribution >= 4 is 21.6 Å². The van der Waals surface area contributed by atoms with Crippen LogP contribution >= 0.6 is 0 Å². The molecular formula is C18H29N3O4S. The van der Waals surface area contributed by atoms with Crippen LogP contribution < -0.4 is 10.1 Å². The number of nitrogens with one attached hydrogen (secondary N) is 1. The first-order valence-electron chi connectivity index (χ1n) is 9.00. The van der Waals surface area contributed by atoms with Crippen molar-refractivity contribution in [2.24, 2.45) is 0 Å². The van der Waals surface area contributed by atoms with E-state index in [1.807, 2.05) is 31.2 Å². The van der Waals surface area contributed by atoms with Crippen LogP contribution in [0.15, 0.2) is 24.3 Å². The first-order valence-corrected chi connectivity index (χ1v) is 11.1. The Kier molecular flexibility index (Phi) is 7.28. The van der Waals surface area contributed by atoms with Crippen molar-refractivity contribution in [2.45, 2.75) is 26.4 Å².